The Kier molecular flexibility index (Phi) is 4.06. The number of carbonyl (C=O) groups excluding carboxylic acids is 1. The van der Waals surface area contributed by atoms with Gasteiger partial charge in [-0.3, -0.25) is 4.79 Å². The first-order valence-corrected chi connectivity index (χ1v) is 8.15. The number of carbonyl (C=O) groups is 1. The van der Waals surface area contributed by atoms with Gasteiger partial charge in [0.1, 0.15) is 5.58 Å². The fourth-order valence-electron chi connectivity index (χ4n) is 2.67. The minimum absolute atomic E-state index is 0.0257. The number of amides is 1. The second-order valence-corrected chi connectivity index (χ2v) is 6.80. The van der Waals surface area contributed by atoms with E-state index in [1.54, 1.807) is 6.92 Å². The van der Waals surface area contributed by atoms with Crippen molar-refractivity contribution in [2.45, 2.75) is 36.8 Å². The molecule has 1 aromatic carbocycles. The van der Waals surface area contributed by atoms with Gasteiger partial charge in [-0.05, 0) is 43.0 Å². The molecule has 1 unspecified atom stereocenters. The van der Waals surface area contributed by atoms with Gasteiger partial charge in [-0.25, -0.2) is 0 Å². The molecular formula is C17H19NO2S. The van der Waals surface area contributed by atoms with Crippen LogP contribution < -0.4 is 5.32 Å². The lowest BCUT2D eigenvalue weighted by molar-refractivity contribution is -0.118. The molecule has 1 aromatic heterocycles. The molecule has 1 aliphatic rings. The van der Waals surface area contributed by atoms with Gasteiger partial charge in [0.05, 0.1) is 6.26 Å². The van der Waals surface area contributed by atoms with Gasteiger partial charge in [0.15, 0.2) is 0 Å². The lowest BCUT2D eigenvalue weighted by atomic mass is 10.0. The highest BCUT2D eigenvalue weighted by molar-refractivity contribution is 8.00. The predicted octanol–water partition coefficient (Wildman–Crippen LogP) is 4.01. The van der Waals surface area contributed by atoms with Gasteiger partial charge in [-0.15, -0.1) is 11.8 Å². The standard InChI is InChI=1S/C17H19NO2S/c1-11-5-6-14-16(21-11)8-7-15-17(14)13(10-20-15)4-3-9-18-12(2)19/h5-8,10-11H,3-4,9H2,1-2H3,(H,18,19). The van der Waals surface area contributed by atoms with E-state index in [1.807, 2.05) is 18.0 Å². The minimum Gasteiger partial charge on any atom is -0.464 e. The number of aryl methyl sites for hydroxylation is 1. The molecule has 21 heavy (non-hydrogen) atoms. The summed E-state index contributed by atoms with van der Waals surface area (Å²) >= 11 is 1.89. The Morgan fingerprint density at radius 2 is 2.29 bits per heavy atom. The summed E-state index contributed by atoms with van der Waals surface area (Å²) in [4.78, 5) is 12.2. The van der Waals surface area contributed by atoms with Crippen molar-refractivity contribution in [3.8, 4) is 0 Å². The molecule has 110 valence electrons. The summed E-state index contributed by atoms with van der Waals surface area (Å²) < 4.78 is 5.69. The maximum Gasteiger partial charge on any atom is 0.216 e. The molecule has 0 saturated carbocycles. The average Bonchev–Trinajstić information content (AvgIpc) is 2.86. The zero-order valence-corrected chi connectivity index (χ0v) is 13.1. The summed E-state index contributed by atoms with van der Waals surface area (Å²) in [5.41, 5.74) is 3.45. The summed E-state index contributed by atoms with van der Waals surface area (Å²) in [5.74, 6) is 0.0257. The van der Waals surface area contributed by atoms with Crippen LogP contribution in [0.25, 0.3) is 17.0 Å². The Balaban J connectivity index is 1.86. The lowest BCUT2D eigenvalue weighted by Crippen LogP contribution is -2.21. The number of rotatable bonds is 4. The van der Waals surface area contributed by atoms with E-state index in [-0.39, 0.29) is 5.91 Å². The van der Waals surface area contributed by atoms with Crippen LogP contribution in [0.5, 0.6) is 0 Å². The van der Waals surface area contributed by atoms with E-state index in [4.69, 9.17) is 4.42 Å². The van der Waals surface area contributed by atoms with Gasteiger partial charge in [0, 0.05) is 29.0 Å². The molecule has 1 atom stereocenters. The highest BCUT2D eigenvalue weighted by atomic mass is 32.2. The highest BCUT2D eigenvalue weighted by Crippen LogP contribution is 2.39. The zero-order valence-electron chi connectivity index (χ0n) is 12.3. The molecule has 1 amide bonds. The SMILES string of the molecule is CC(=O)NCCCc1coc2ccc3c(c12)C=CC(C)S3. The molecule has 0 aliphatic carbocycles. The highest BCUT2D eigenvalue weighted by Gasteiger charge is 2.17. The van der Waals surface area contributed by atoms with Gasteiger partial charge in [0.2, 0.25) is 5.91 Å². The Bertz CT molecular complexity index is 702. The monoisotopic (exact) mass is 301 g/mol. The maximum atomic E-state index is 10.9. The predicted molar refractivity (Wildman–Crippen MR) is 87.6 cm³/mol. The molecule has 3 nitrogen and oxygen atoms in total. The van der Waals surface area contributed by atoms with Crippen molar-refractivity contribution in [2.75, 3.05) is 6.54 Å². The quantitative estimate of drug-likeness (QED) is 0.868. The van der Waals surface area contributed by atoms with Crippen molar-refractivity contribution in [1.29, 1.82) is 0 Å². The topological polar surface area (TPSA) is 42.2 Å². The van der Waals surface area contributed by atoms with E-state index in [1.165, 1.54) is 21.4 Å². The number of benzene rings is 1. The summed E-state index contributed by atoms with van der Waals surface area (Å²) in [5, 5.41) is 4.58. The second kappa shape index (κ2) is 5.98. The number of hydrogen-bond acceptors (Lipinski definition) is 3. The van der Waals surface area contributed by atoms with Crippen LogP contribution in [-0.4, -0.2) is 17.7 Å². The van der Waals surface area contributed by atoms with Gasteiger partial charge in [-0.2, -0.15) is 0 Å². The number of hydrogen-bond donors (Lipinski definition) is 1. The number of thioether (sulfide) groups is 1. The normalized spacial score (nSPS) is 17.0. The van der Waals surface area contributed by atoms with E-state index < -0.39 is 0 Å². The van der Waals surface area contributed by atoms with Crippen molar-refractivity contribution < 1.29 is 9.21 Å². The molecule has 1 aliphatic heterocycles. The van der Waals surface area contributed by atoms with Crippen LogP contribution in [0.15, 0.2) is 33.8 Å². The van der Waals surface area contributed by atoms with Crippen molar-refractivity contribution in [2.24, 2.45) is 0 Å². The lowest BCUT2D eigenvalue weighted by Gasteiger charge is -2.16. The smallest absolute Gasteiger partial charge is 0.216 e. The molecule has 0 radical (unpaired) electrons. The van der Waals surface area contributed by atoms with Crippen LogP contribution in [0.4, 0.5) is 0 Å². The van der Waals surface area contributed by atoms with E-state index in [9.17, 15) is 4.79 Å². The van der Waals surface area contributed by atoms with Crippen LogP contribution in [0.1, 0.15) is 31.4 Å². The second-order valence-electron chi connectivity index (χ2n) is 5.38. The molecule has 0 spiro atoms. The van der Waals surface area contributed by atoms with Crippen LogP contribution in [0.3, 0.4) is 0 Å². The molecule has 4 heteroatoms. The van der Waals surface area contributed by atoms with Gasteiger partial charge in [-0.1, -0.05) is 12.2 Å². The largest absolute Gasteiger partial charge is 0.464 e. The van der Waals surface area contributed by atoms with Crippen LogP contribution in [0.2, 0.25) is 0 Å². The zero-order chi connectivity index (χ0) is 14.8. The molecular weight excluding hydrogens is 282 g/mol. The Morgan fingerprint density at radius 1 is 1.43 bits per heavy atom. The van der Waals surface area contributed by atoms with Crippen molar-refractivity contribution in [1.82, 2.24) is 5.32 Å². The molecule has 0 saturated heterocycles. The van der Waals surface area contributed by atoms with Crippen LogP contribution in [0, 0.1) is 0 Å². The molecule has 2 aromatic rings. The Labute approximate surface area is 128 Å². The molecule has 1 N–H and O–H groups in total. The number of furan rings is 1. The van der Waals surface area contributed by atoms with E-state index >= 15 is 0 Å². The van der Waals surface area contributed by atoms with E-state index in [2.05, 4.69) is 36.5 Å². The fourth-order valence-corrected chi connectivity index (χ4v) is 3.67. The summed E-state index contributed by atoms with van der Waals surface area (Å²) in [7, 11) is 0. The molecule has 0 bridgehead atoms. The third-order valence-corrected chi connectivity index (χ3v) is 4.80. The van der Waals surface area contributed by atoms with E-state index in [0.29, 0.717) is 11.8 Å². The van der Waals surface area contributed by atoms with E-state index in [0.717, 1.165) is 18.4 Å². The third-order valence-electron chi connectivity index (χ3n) is 3.66. The summed E-state index contributed by atoms with van der Waals surface area (Å²) in [6.45, 7) is 4.46. The van der Waals surface area contributed by atoms with Gasteiger partial charge in [0.25, 0.3) is 0 Å². The first-order chi connectivity index (χ1) is 10.1. The number of fused-ring (bicyclic) bond motifs is 3. The minimum atomic E-state index is 0.0257. The van der Waals surface area contributed by atoms with Crippen molar-refractivity contribution in [3.05, 3.63) is 35.6 Å². The fraction of sp³-hybridized carbons (Fsp3) is 0.353. The van der Waals surface area contributed by atoms with Crippen LogP contribution >= 0.6 is 11.8 Å². The maximum absolute atomic E-state index is 10.9. The third kappa shape index (κ3) is 3.00. The first kappa shape index (κ1) is 14.3. The molecule has 3 rings (SSSR count). The Morgan fingerprint density at radius 3 is 3.10 bits per heavy atom. The summed E-state index contributed by atoms with van der Waals surface area (Å²) in [6, 6.07) is 4.21. The Hall–Kier alpha value is -1.68. The molecule has 2 heterocycles. The van der Waals surface area contributed by atoms with Gasteiger partial charge < -0.3 is 9.73 Å². The molecule has 0 fully saturated rings. The van der Waals surface area contributed by atoms with Crippen molar-refractivity contribution in [3.63, 3.8) is 0 Å². The first-order valence-electron chi connectivity index (χ1n) is 7.27. The number of nitrogens with one attached hydrogen (secondary N) is 1. The van der Waals surface area contributed by atoms with Crippen LogP contribution in [-0.2, 0) is 11.2 Å². The van der Waals surface area contributed by atoms with Gasteiger partial charge >= 0.3 is 0 Å². The average molecular weight is 301 g/mol. The summed E-state index contributed by atoms with van der Waals surface area (Å²) in [6.07, 6.45) is 8.14. The van der Waals surface area contributed by atoms with Crippen molar-refractivity contribution >= 4 is 34.7 Å².